The number of nitriles is 2. The van der Waals surface area contributed by atoms with E-state index in [-0.39, 0.29) is 12.5 Å². The molecule has 0 spiro atoms. The van der Waals surface area contributed by atoms with Gasteiger partial charge in [-0.2, -0.15) is 23.7 Å². The third-order valence-electron chi connectivity index (χ3n) is 2.16. The van der Waals surface area contributed by atoms with Crippen molar-refractivity contribution in [1.29, 1.82) is 10.5 Å². The highest BCUT2D eigenvalue weighted by Crippen LogP contribution is 2.26. The van der Waals surface area contributed by atoms with Crippen LogP contribution in [0, 0.1) is 28.6 Å². The van der Waals surface area contributed by atoms with E-state index in [1.807, 2.05) is 6.07 Å². The van der Waals surface area contributed by atoms with Crippen LogP contribution in [0.5, 0.6) is 0 Å². The Kier molecular flexibility index (Phi) is 5.10. The Morgan fingerprint density at radius 3 is 2.20 bits per heavy atom. The van der Waals surface area contributed by atoms with Crippen molar-refractivity contribution in [3.05, 3.63) is 0 Å². The molecule has 0 aliphatic rings. The molecule has 0 aliphatic heterocycles. The molecule has 84 valence electrons. The zero-order valence-electron chi connectivity index (χ0n) is 8.54. The fourth-order valence-electron chi connectivity index (χ4n) is 0.973. The topological polar surface area (TPSA) is 50.8 Å². The molecule has 0 N–H and O–H groups in total. The van der Waals surface area contributed by atoms with Crippen LogP contribution < -0.4 is 0 Å². The summed E-state index contributed by atoms with van der Waals surface area (Å²) < 4.78 is 36.6. The highest BCUT2D eigenvalue weighted by molar-refractivity contribution is 4.91. The van der Waals surface area contributed by atoms with Gasteiger partial charge in [-0.05, 0) is 14.0 Å². The minimum absolute atomic E-state index is 0.145. The van der Waals surface area contributed by atoms with E-state index in [1.165, 1.54) is 18.0 Å². The summed E-state index contributed by atoms with van der Waals surface area (Å²) in [6, 6.07) is 2.81. The van der Waals surface area contributed by atoms with Crippen LogP contribution in [-0.4, -0.2) is 30.7 Å². The van der Waals surface area contributed by atoms with Crippen molar-refractivity contribution in [3.63, 3.8) is 0 Å². The van der Waals surface area contributed by atoms with E-state index in [2.05, 4.69) is 0 Å². The second-order valence-corrected chi connectivity index (χ2v) is 3.37. The van der Waals surface area contributed by atoms with Gasteiger partial charge in [0.15, 0.2) is 5.92 Å². The van der Waals surface area contributed by atoms with Gasteiger partial charge in [-0.1, -0.05) is 0 Å². The van der Waals surface area contributed by atoms with Crippen LogP contribution in [0.1, 0.15) is 13.3 Å². The highest BCUT2D eigenvalue weighted by atomic mass is 19.4. The molecule has 0 amide bonds. The molecule has 2 unspecified atom stereocenters. The van der Waals surface area contributed by atoms with Crippen molar-refractivity contribution in [2.45, 2.75) is 25.6 Å². The Balaban J connectivity index is 4.34. The maximum atomic E-state index is 12.2. The van der Waals surface area contributed by atoms with Crippen molar-refractivity contribution in [2.75, 3.05) is 13.6 Å². The van der Waals surface area contributed by atoms with Crippen LogP contribution in [0.25, 0.3) is 0 Å². The Labute approximate surface area is 86.7 Å². The molecular weight excluding hydrogens is 207 g/mol. The molecule has 3 nitrogen and oxygen atoms in total. The number of hydrogen-bond acceptors (Lipinski definition) is 3. The molecule has 15 heavy (non-hydrogen) atoms. The van der Waals surface area contributed by atoms with Gasteiger partial charge in [-0.25, -0.2) is 0 Å². The normalized spacial score (nSPS) is 15.5. The lowest BCUT2D eigenvalue weighted by molar-refractivity contribution is -0.163. The number of halogens is 3. The first-order chi connectivity index (χ1) is 6.82. The summed E-state index contributed by atoms with van der Waals surface area (Å²) in [5.41, 5.74) is 0. The van der Waals surface area contributed by atoms with Crippen molar-refractivity contribution in [1.82, 2.24) is 4.90 Å². The van der Waals surface area contributed by atoms with Gasteiger partial charge in [-0.15, -0.1) is 0 Å². The lowest BCUT2D eigenvalue weighted by atomic mass is 10.1. The maximum absolute atomic E-state index is 12.2. The lowest BCUT2D eigenvalue weighted by Crippen LogP contribution is -2.38. The molecule has 0 heterocycles. The van der Waals surface area contributed by atoms with Gasteiger partial charge in [0.25, 0.3) is 0 Å². The molecule has 0 aliphatic carbocycles. The minimum Gasteiger partial charge on any atom is -0.301 e. The fraction of sp³-hybridized carbons (Fsp3) is 0.778. The van der Waals surface area contributed by atoms with Crippen LogP contribution in [0.4, 0.5) is 13.2 Å². The Morgan fingerprint density at radius 2 is 1.87 bits per heavy atom. The van der Waals surface area contributed by atoms with Crippen molar-refractivity contribution in [3.8, 4) is 12.1 Å². The Hall–Kier alpha value is -1.27. The van der Waals surface area contributed by atoms with Gasteiger partial charge in [0, 0.05) is 12.6 Å². The van der Waals surface area contributed by atoms with Gasteiger partial charge in [0.05, 0.1) is 18.6 Å². The number of hydrogen-bond donors (Lipinski definition) is 0. The zero-order valence-corrected chi connectivity index (χ0v) is 8.54. The van der Waals surface area contributed by atoms with Crippen LogP contribution in [0.2, 0.25) is 0 Å². The minimum atomic E-state index is -4.50. The fourth-order valence-corrected chi connectivity index (χ4v) is 0.973. The van der Waals surface area contributed by atoms with E-state index in [4.69, 9.17) is 10.5 Å². The Bertz CT molecular complexity index is 274. The third kappa shape index (κ3) is 4.66. The summed E-state index contributed by atoms with van der Waals surface area (Å²) in [4.78, 5) is 1.37. The molecule has 0 fully saturated rings. The predicted molar refractivity (Wildman–Crippen MR) is 47.5 cm³/mol. The molecule has 0 aromatic rings. The molecule has 0 radical (unpaired) electrons. The van der Waals surface area contributed by atoms with Crippen LogP contribution in [0.3, 0.4) is 0 Å². The predicted octanol–water partition coefficient (Wildman–Crippen LogP) is 1.92. The first-order valence-electron chi connectivity index (χ1n) is 4.36. The van der Waals surface area contributed by atoms with Crippen molar-refractivity contribution < 1.29 is 13.2 Å². The first-order valence-corrected chi connectivity index (χ1v) is 4.36. The summed E-state index contributed by atoms with van der Waals surface area (Å²) in [6.45, 7) is 1.25. The Morgan fingerprint density at radius 1 is 1.33 bits per heavy atom. The van der Waals surface area contributed by atoms with Crippen LogP contribution >= 0.6 is 0 Å². The number of alkyl halides is 3. The van der Waals surface area contributed by atoms with Gasteiger partial charge in [0.2, 0.25) is 0 Å². The first kappa shape index (κ1) is 13.7. The monoisotopic (exact) mass is 219 g/mol. The second kappa shape index (κ2) is 5.57. The SMILES string of the molecule is CC(CC#N)N(C)CC(C#N)C(F)(F)F. The summed E-state index contributed by atoms with van der Waals surface area (Å²) >= 11 is 0. The van der Waals surface area contributed by atoms with Gasteiger partial charge in [0.1, 0.15) is 0 Å². The summed E-state index contributed by atoms with van der Waals surface area (Å²) in [5, 5.41) is 16.7. The molecule has 6 heteroatoms. The molecule has 0 saturated carbocycles. The van der Waals surface area contributed by atoms with E-state index >= 15 is 0 Å². The molecule has 0 bridgehead atoms. The van der Waals surface area contributed by atoms with Crippen LogP contribution in [0.15, 0.2) is 0 Å². The van der Waals surface area contributed by atoms with Gasteiger partial charge < -0.3 is 4.90 Å². The average molecular weight is 219 g/mol. The molecule has 0 saturated heterocycles. The molecule has 2 atom stereocenters. The summed E-state index contributed by atoms with van der Waals surface area (Å²) in [6.07, 6.45) is -4.36. The number of rotatable bonds is 4. The van der Waals surface area contributed by atoms with E-state index in [1.54, 1.807) is 6.92 Å². The molecule has 0 aromatic carbocycles. The molecular formula is C9H12F3N3. The molecule has 0 aromatic heterocycles. The second-order valence-electron chi connectivity index (χ2n) is 3.37. The largest absolute Gasteiger partial charge is 0.405 e. The van der Waals surface area contributed by atoms with Gasteiger partial charge in [-0.3, -0.25) is 0 Å². The van der Waals surface area contributed by atoms with Crippen LogP contribution in [-0.2, 0) is 0 Å². The van der Waals surface area contributed by atoms with Gasteiger partial charge >= 0.3 is 6.18 Å². The quantitative estimate of drug-likeness (QED) is 0.725. The third-order valence-corrected chi connectivity index (χ3v) is 2.16. The summed E-state index contributed by atoms with van der Waals surface area (Å²) in [7, 11) is 1.47. The van der Waals surface area contributed by atoms with E-state index in [9.17, 15) is 13.2 Å². The smallest absolute Gasteiger partial charge is 0.301 e. The highest BCUT2D eigenvalue weighted by Gasteiger charge is 2.40. The average Bonchev–Trinajstić information content (AvgIpc) is 2.12. The number of nitrogens with zero attached hydrogens (tertiary/aromatic N) is 3. The van der Waals surface area contributed by atoms with E-state index in [0.717, 1.165) is 0 Å². The zero-order chi connectivity index (χ0) is 12.1. The lowest BCUT2D eigenvalue weighted by Gasteiger charge is -2.25. The van der Waals surface area contributed by atoms with E-state index < -0.39 is 18.6 Å². The van der Waals surface area contributed by atoms with Crippen molar-refractivity contribution in [2.24, 2.45) is 5.92 Å². The van der Waals surface area contributed by atoms with E-state index in [0.29, 0.717) is 0 Å². The standard InChI is InChI=1S/C9H12F3N3/c1-7(3-4-13)15(2)6-8(5-14)9(10,11)12/h7-8H,3,6H2,1-2H3. The molecule has 0 rings (SSSR count). The van der Waals surface area contributed by atoms with Crippen molar-refractivity contribution >= 4 is 0 Å². The maximum Gasteiger partial charge on any atom is 0.405 e. The summed E-state index contributed by atoms with van der Waals surface area (Å²) in [5.74, 6) is -2.00.